The van der Waals surface area contributed by atoms with E-state index in [0.29, 0.717) is 6.54 Å². The van der Waals surface area contributed by atoms with E-state index in [2.05, 4.69) is 18.0 Å². The number of pyridine rings is 1. The molecule has 2 rings (SSSR count). The maximum absolute atomic E-state index is 12.3. The maximum Gasteiger partial charge on any atom is 0.416 e. The Morgan fingerprint density at radius 3 is 2.68 bits per heavy atom. The van der Waals surface area contributed by atoms with Crippen molar-refractivity contribution in [2.75, 3.05) is 11.4 Å². The molecule has 0 saturated carbocycles. The minimum absolute atomic E-state index is 0.300. The Balaban J connectivity index is 2.34. The summed E-state index contributed by atoms with van der Waals surface area (Å²) < 4.78 is 5.46. The molecule has 0 aliphatic carbocycles. The van der Waals surface area contributed by atoms with Gasteiger partial charge in [-0.2, -0.15) is 0 Å². The van der Waals surface area contributed by atoms with Crippen molar-refractivity contribution in [3.63, 3.8) is 0 Å². The van der Waals surface area contributed by atoms with Gasteiger partial charge in [-0.05, 0) is 64.7 Å². The van der Waals surface area contributed by atoms with Crippen molar-refractivity contribution in [1.82, 2.24) is 4.98 Å². The number of hydrogen-bond acceptors (Lipinski definition) is 3. The summed E-state index contributed by atoms with van der Waals surface area (Å²) in [5, 5.41) is 0. The van der Waals surface area contributed by atoms with E-state index >= 15 is 0 Å². The van der Waals surface area contributed by atoms with Crippen LogP contribution in [0.5, 0.6) is 0 Å². The van der Waals surface area contributed by atoms with E-state index in [-0.39, 0.29) is 6.09 Å². The van der Waals surface area contributed by atoms with Crippen LogP contribution in [-0.2, 0) is 11.2 Å². The molecule has 0 radical (unpaired) electrons. The van der Waals surface area contributed by atoms with E-state index < -0.39 is 5.60 Å². The van der Waals surface area contributed by atoms with Gasteiger partial charge in [-0.25, -0.2) is 9.78 Å². The molecular formula is C15H22N2O2. The summed E-state index contributed by atoms with van der Waals surface area (Å²) in [7, 11) is 0. The Kier molecular flexibility index (Phi) is 3.52. The minimum Gasteiger partial charge on any atom is -0.443 e. The number of amides is 1. The molecule has 4 nitrogen and oxygen atoms in total. The second kappa shape index (κ2) is 4.83. The molecular weight excluding hydrogens is 240 g/mol. The number of anilines is 1. The van der Waals surface area contributed by atoms with Gasteiger partial charge in [0.05, 0.1) is 0 Å². The van der Waals surface area contributed by atoms with Crippen molar-refractivity contribution in [2.24, 2.45) is 0 Å². The average Bonchev–Trinajstić information content (AvgIpc) is 2.25. The molecule has 1 amide bonds. The van der Waals surface area contributed by atoms with Crippen LogP contribution in [0.15, 0.2) is 6.07 Å². The van der Waals surface area contributed by atoms with E-state index in [4.69, 9.17) is 4.74 Å². The highest BCUT2D eigenvalue weighted by Crippen LogP contribution is 2.29. The Morgan fingerprint density at radius 1 is 1.37 bits per heavy atom. The zero-order chi connectivity index (χ0) is 14.2. The van der Waals surface area contributed by atoms with Crippen molar-refractivity contribution in [1.29, 1.82) is 0 Å². The largest absolute Gasteiger partial charge is 0.443 e. The zero-order valence-electron chi connectivity index (χ0n) is 12.4. The smallest absolute Gasteiger partial charge is 0.416 e. The molecule has 0 bridgehead atoms. The first-order chi connectivity index (χ1) is 8.78. The van der Waals surface area contributed by atoms with E-state index in [1.165, 1.54) is 11.1 Å². The number of nitrogens with zero attached hydrogens (tertiary/aromatic N) is 2. The summed E-state index contributed by atoms with van der Waals surface area (Å²) in [6.07, 6.45) is 1.64. The molecule has 1 aliphatic heterocycles. The number of hydrogen-bond donors (Lipinski definition) is 0. The highest BCUT2D eigenvalue weighted by atomic mass is 16.6. The first kappa shape index (κ1) is 13.8. The predicted molar refractivity (Wildman–Crippen MR) is 75.6 cm³/mol. The van der Waals surface area contributed by atoms with Gasteiger partial charge in [0.2, 0.25) is 0 Å². The Morgan fingerprint density at radius 2 is 2.05 bits per heavy atom. The van der Waals surface area contributed by atoms with Gasteiger partial charge in [0.1, 0.15) is 11.4 Å². The molecule has 104 valence electrons. The molecule has 0 unspecified atom stereocenters. The maximum atomic E-state index is 12.3. The van der Waals surface area contributed by atoms with Crippen LogP contribution in [0.3, 0.4) is 0 Å². The molecule has 0 fully saturated rings. The summed E-state index contributed by atoms with van der Waals surface area (Å²) in [6.45, 7) is 10.3. The highest BCUT2D eigenvalue weighted by Gasteiger charge is 2.29. The molecule has 1 aromatic heterocycles. The van der Waals surface area contributed by atoms with E-state index in [1.807, 2.05) is 27.7 Å². The quantitative estimate of drug-likeness (QED) is 0.719. The van der Waals surface area contributed by atoms with Crippen LogP contribution >= 0.6 is 0 Å². The van der Waals surface area contributed by atoms with E-state index in [9.17, 15) is 4.79 Å². The molecule has 0 aromatic carbocycles. The van der Waals surface area contributed by atoms with Crippen LogP contribution in [0.1, 0.15) is 44.0 Å². The van der Waals surface area contributed by atoms with Crippen LogP contribution in [0.2, 0.25) is 0 Å². The molecule has 19 heavy (non-hydrogen) atoms. The van der Waals surface area contributed by atoms with Crippen LogP contribution in [0.4, 0.5) is 10.6 Å². The third kappa shape index (κ3) is 3.06. The minimum atomic E-state index is -0.479. The lowest BCUT2D eigenvalue weighted by Gasteiger charge is -2.31. The van der Waals surface area contributed by atoms with Crippen LogP contribution < -0.4 is 4.90 Å². The van der Waals surface area contributed by atoms with Gasteiger partial charge >= 0.3 is 6.09 Å². The molecule has 0 spiro atoms. The Hall–Kier alpha value is -1.58. The van der Waals surface area contributed by atoms with Crippen molar-refractivity contribution in [2.45, 2.75) is 53.1 Å². The molecule has 0 saturated heterocycles. The van der Waals surface area contributed by atoms with Crippen molar-refractivity contribution in [3.8, 4) is 0 Å². The zero-order valence-corrected chi connectivity index (χ0v) is 12.4. The van der Waals surface area contributed by atoms with Crippen LogP contribution in [-0.4, -0.2) is 23.2 Å². The number of carbonyl (C=O) groups is 1. The lowest BCUT2D eigenvalue weighted by molar-refractivity contribution is 0.0576. The number of aryl methyl sites for hydroxylation is 2. The fourth-order valence-electron chi connectivity index (χ4n) is 2.39. The van der Waals surface area contributed by atoms with Crippen molar-refractivity contribution in [3.05, 3.63) is 22.9 Å². The SMILES string of the molecule is Cc1cc(C)c2c(n1)N(C(=O)OC(C)(C)C)CCC2. The number of fused-ring (bicyclic) bond motifs is 1. The second-order valence-electron chi connectivity index (χ2n) is 6.12. The van der Waals surface area contributed by atoms with Gasteiger partial charge in [-0.1, -0.05) is 0 Å². The second-order valence-corrected chi connectivity index (χ2v) is 6.12. The molecule has 1 aliphatic rings. The molecule has 1 aromatic rings. The first-order valence-corrected chi connectivity index (χ1v) is 6.75. The third-order valence-corrected chi connectivity index (χ3v) is 3.13. The molecule has 0 N–H and O–H groups in total. The fourth-order valence-corrected chi connectivity index (χ4v) is 2.39. The van der Waals surface area contributed by atoms with Crippen molar-refractivity contribution >= 4 is 11.9 Å². The van der Waals surface area contributed by atoms with Gasteiger partial charge in [0.25, 0.3) is 0 Å². The van der Waals surface area contributed by atoms with Gasteiger partial charge in [-0.15, -0.1) is 0 Å². The summed E-state index contributed by atoms with van der Waals surface area (Å²) in [6, 6.07) is 2.07. The van der Waals surface area contributed by atoms with Crippen LogP contribution in [0.25, 0.3) is 0 Å². The van der Waals surface area contributed by atoms with Gasteiger partial charge in [0.15, 0.2) is 0 Å². The monoisotopic (exact) mass is 262 g/mol. The topological polar surface area (TPSA) is 42.4 Å². The Bertz CT molecular complexity index is 504. The normalized spacial score (nSPS) is 15.1. The first-order valence-electron chi connectivity index (χ1n) is 6.75. The summed E-state index contributed by atoms with van der Waals surface area (Å²) in [5.74, 6) is 0.776. The third-order valence-electron chi connectivity index (χ3n) is 3.13. The van der Waals surface area contributed by atoms with Gasteiger partial charge in [-0.3, -0.25) is 4.90 Å². The lowest BCUT2D eigenvalue weighted by atomic mass is 10.0. The average molecular weight is 262 g/mol. The van der Waals surface area contributed by atoms with E-state index in [0.717, 1.165) is 24.4 Å². The number of ether oxygens (including phenoxy) is 1. The number of carbonyl (C=O) groups excluding carboxylic acids is 1. The fraction of sp³-hybridized carbons (Fsp3) is 0.600. The summed E-state index contributed by atoms with van der Waals surface area (Å²) in [5.41, 5.74) is 2.83. The van der Waals surface area contributed by atoms with Gasteiger partial charge < -0.3 is 4.74 Å². The predicted octanol–water partition coefficient (Wildman–Crippen LogP) is 3.39. The van der Waals surface area contributed by atoms with Crippen molar-refractivity contribution < 1.29 is 9.53 Å². The molecule has 2 heterocycles. The number of aromatic nitrogens is 1. The summed E-state index contributed by atoms with van der Waals surface area (Å²) in [4.78, 5) is 18.5. The lowest BCUT2D eigenvalue weighted by Crippen LogP contribution is -2.40. The Labute approximate surface area is 114 Å². The molecule has 0 atom stereocenters. The molecule has 4 heteroatoms. The number of rotatable bonds is 0. The van der Waals surface area contributed by atoms with E-state index in [1.54, 1.807) is 4.90 Å². The van der Waals surface area contributed by atoms with Gasteiger partial charge in [0, 0.05) is 12.2 Å². The van der Waals surface area contributed by atoms with Crippen LogP contribution in [0, 0.1) is 13.8 Å². The standard InChI is InChI=1S/C15H22N2O2/c1-10-9-11(2)16-13-12(10)7-6-8-17(13)14(18)19-15(3,4)5/h9H,6-8H2,1-5H3. The highest BCUT2D eigenvalue weighted by molar-refractivity contribution is 5.88. The summed E-state index contributed by atoms with van der Waals surface area (Å²) >= 11 is 0.